The molecule has 2 aromatic carbocycles. The minimum Gasteiger partial charge on any atom is -0.497 e. The first-order chi connectivity index (χ1) is 14.8. The summed E-state index contributed by atoms with van der Waals surface area (Å²) in [5, 5.41) is 21.9. The molecule has 1 amide bonds. The maximum absolute atomic E-state index is 14.5. The Bertz CT molecular complexity index is 967. The van der Waals surface area contributed by atoms with Gasteiger partial charge in [0.2, 0.25) is 0 Å². The molecule has 6 N–H and O–H groups in total. The van der Waals surface area contributed by atoms with Crippen molar-refractivity contribution in [2.75, 3.05) is 25.6 Å². The van der Waals surface area contributed by atoms with E-state index in [1.165, 1.54) is 31.4 Å². The fourth-order valence-electron chi connectivity index (χ4n) is 2.83. The monoisotopic (exact) mass is 432 g/mol. The first-order valence-corrected chi connectivity index (χ1v) is 9.42. The molecule has 1 atom stereocenters. The summed E-state index contributed by atoms with van der Waals surface area (Å²) in [4.78, 5) is 23.7. The summed E-state index contributed by atoms with van der Waals surface area (Å²) in [5.74, 6) is -2.14. The number of methoxy groups -OCH3 is 1. The molecule has 0 saturated carbocycles. The average molecular weight is 432 g/mol. The van der Waals surface area contributed by atoms with E-state index in [9.17, 15) is 14.0 Å². The van der Waals surface area contributed by atoms with Crippen molar-refractivity contribution < 1.29 is 28.6 Å². The second-order valence-electron chi connectivity index (χ2n) is 6.47. The highest BCUT2D eigenvalue weighted by atomic mass is 19.1. The van der Waals surface area contributed by atoms with Gasteiger partial charge in [-0.25, -0.2) is 4.39 Å². The molecule has 0 aliphatic carbocycles. The molecule has 0 saturated heterocycles. The number of carboxylic acids is 1. The van der Waals surface area contributed by atoms with Gasteiger partial charge >= 0.3 is 5.97 Å². The van der Waals surface area contributed by atoms with E-state index in [0.717, 1.165) is 0 Å². The summed E-state index contributed by atoms with van der Waals surface area (Å²) in [5.41, 5.74) is 6.92. The predicted octanol–water partition coefficient (Wildman–Crippen LogP) is 2.01. The molecule has 10 heteroatoms. The molecule has 9 nitrogen and oxygen atoms in total. The molecule has 0 aliphatic rings. The van der Waals surface area contributed by atoms with Gasteiger partial charge in [0, 0.05) is 36.0 Å². The van der Waals surface area contributed by atoms with E-state index in [1.54, 1.807) is 19.1 Å². The second kappa shape index (κ2) is 10.9. The molecule has 0 radical (unpaired) electrons. The van der Waals surface area contributed by atoms with Gasteiger partial charge < -0.3 is 30.9 Å². The van der Waals surface area contributed by atoms with Gasteiger partial charge in [0.15, 0.2) is 6.10 Å². The second-order valence-corrected chi connectivity index (χ2v) is 6.47. The number of benzene rings is 2. The fraction of sp³-hybridized carbons (Fsp3) is 0.286. The Kier molecular flexibility index (Phi) is 8.33. The van der Waals surface area contributed by atoms with Crippen LogP contribution in [0.1, 0.15) is 29.7 Å². The van der Waals surface area contributed by atoms with Crippen molar-refractivity contribution in [2.45, 2.75) is 19.6 Å². The molecule has 2 rings (SSSR count). The molecule has 0 spiro atoms. The van der Waals surface area contributed by atoms with E-state index >= 15 is 0 Å². The third-order valence-electron chi connectivity index (χ3n) is 4.37. The summed E-state index contributed by atoms with van der Waals surface area (Å²) in [7, 11) is 1.41. The maximum atomic E-state index is 14.5. The predicted molar refractivity (Wildman–Crippen MR) is 113 cm³/mol. The van der Waals surface area contributed by atoms with Crippen LogP contribution in [0.15, 0.2) is 36.4 Å². The van der Waals surface area contributed by atoms with Crippen LogP contribution in [0.2, 0.25) is 0 Å². The topological polar surface area (TPSA) is 147 Å². The number of amidine groups is 1. The van der Waals surface area contributed by atoms with Crippen LogP contribution < -0.4 is 21.1 Å². The van der Waals surface area contributed by atoms with Crippen LogP contribution in [-0.4, -0.2) is 43.1 Å². The minimum atomic E-state index is -1.18. The Morgan fingerprint density at radius 2 is 2.00 bits per heavy atom. The zero-order chi connectivity index (χ0) is 23.0. The van der Waals surface area contributed by atoms with E-state index in [4.69, 9.17) is 25.7 Å². The standard InChI is InChI=1S/C21H25FN4O5/c1-3-31-19(15-7-6-14(30-2)9-16(15)22)21(29)26-10-13-5-4-12(20(23)24)8-17(13)25-11-18(27)28/h4-9,19,25H,3,10-11H2,1-2H3,(H3,23,24)(H,26,29)(H,27,28)/t19-/m1/s1. The molecule has 0 aromatic heterocycles. The van der Waals surface area contributed by atoms with E-state index in [2.05, 4.69) is 10.6 Å². The molecule has 0 heterocycles. The van der Waals surface area contributed by atoms with Crippen molar-refractivity contribution >= 4 is 23.4 Å². The number of rotatable bonds is 11. The lowest BCUT2D eigenvalue weighted by molar-refractivity contribution is -0.135. The highest BCUT2D eigenvalue weighted by Crippen LogP contribution is 2.25. The van der Waals surface area contributed by atoms with Gasteiger partial charge in [0.1, 0.15) is 23.9 Å². The smallest absolute Gasteiger partial charge is 0.322 e. The van der Waals surface area contributed by atoms with Crippen LogP contribution in [0.5, 0.6) is 5.75 Å². The first kappa shape index (κ1) is 23.6. The molecular formula is C21H25FN4O5. The van der Waals surface area contributed by atoms with Crippen molar-refractivity contribution in [1.82, 2.24) is 5.32 Å². The van der Waals surface area contributed by atoms with Gasteiger partial charge in [-0.15, -0.1) is 0 Å². The lowest BCUT2D eigenvalue weighted by atomic mass is 10.1. The number of carboxylic acid groups (broad SMARTS) is 1. The number of carbonyl (C=O) groups excluding carboxylic acids is 1. The molecule has 0 bridgehead atoms. The van der Waals surface area contributed by atoms with Crippen LogP contribution in [0.4, 0.5) is 10.1 Å². The van der Waals surface area contributed by atoms with E-state index in [1.807, 2.05) is 0 Å². The van der Waals surface area contributed by atoms with Gasteiger partial charge in [0.05, 0.1) is 7.11 Å². The molecule has 31 heavy (non-hydrogen) atoms. The Morgan fingerprint density at radius 3 is 2.58 bits per heavy atom. The van der Waals surface area contributed by atoms with Crippen molar-refractivity contribution in [1.29, 1.82) is 5.41 Å². The number of nitrogens with two attached hydrogens (primary N) is 1. The van der Waals surface area contributed by atoms with Crippen molar-refractivity contribution in [3.63, 3.8) is 0 Å². The summed E-state index contributed by atoms with van der Waals surface area (Å²) in [6, 6.07) is 8.85. The lowest BCUT2D eigenvalue weighted by Gasteiger charge is -2.19. The number of aliphatic carboxylic acids is 1. The Balaban J connectivity index is 2.21. The quantitative estimate of drug-likeness (QED) is 0.270. The van der Waals surface area contributed by atoms with Gasteiger partial charge in [0.25, 0.3) is 5.91 Å². The highest BCUT2D eigenvalue weighted by molar-refractivity contribution is 5.96. The van der Waals surface area contributed by atoms with Gasteiger partial charge in [-0.05, 0) is 30.7 Å². The third kappa shape index (κ3) is 6.41. The number of carbonyl (C=O) groups is 2. The summed E-state index contributed by atoms with van der Waals surface area (Å²) in [6.45, 7) is 1.53. The number of ether oxygens (including phenoxy) is 2. The molecular weight excluding hydrogens is 407 g/mol. The molecule has 0 unspecified atom stereocenters. The minimum absolute atomic E-state index is 0.0142. The number of nitrogen functional groups attached to an aromatic ring is 1. The van der Waals surface area contributed by atoms with Crippen molar-refractivity contribution in [3.05, 3.63) is 58.9 Å². The number of hydrogen-bond acceptors (Lipinski definition) is 6. The molecule has 0 aliphatic heterocycles. The van der Waals surface area contributed by atoms with E-state index in [0.29, 0.717) is 22.6 Å². The van der Waals surface area contributed by atoms with Crippen molar-refractivity contribution in [3.8, 4) is 5.75 Å². The normalized spacial score (nSPS) is 11.5. The Morgan fingerprint density at radius 1 is 1.26 bits per heavy atom. The largest absolute Gasteiger partial charge is 0.497 e. The van der Waals surface area contributed by atoms with Gasteiger partial charge in [-0.3, -0.25) is 15.0 Å². The molecule has 166 valence electrons. The van der Waals surface area contributed by atoms with E-state index < -0.39 is 23.8 Å². The maximum Gasteiger partial charge on any atom is 0.322 e. The number of anilines is 1. The Labute approximate surface area is 178 Å². The number of nitrogens with one attached hydrogen (secondary N) is 3. The average Bonchev–Trinajstić information content (AvgIpc) is 2.74. The van der Waals surface area contributed by atoms with Crippen molar-refractivity contribution in [2.24, 2.45) is 5.73 Å². The number of hydrogen-bond donors (Lipinski definition) is 5. The van der Waals surface area contributed by atoms with Gasteiger partial charge in [-0.2, -0.15) is 0 Å². The molecule has 2 aromatic rings. The summed E-state index contributed by atoms with van der Waals surface area (Å²) >= 11 is 0. The number of halogens is 1. The SMILES string of the molecule is CCO[C@@H](C(=O)NCc1ccc(C(=N)N)cc1NCC(=O)O)c1ccc(OC)cc1F. The Hall–Kier alpha value is -3.66. The summed E-state index contributed by atoms with van der Waals surface area (Å²) < 4.78 is 24.9. The first-order valence-electron chi connectivity index (χ1n) is 9.42. The highest BCUT2D eigenvalue weighted by Gasteiger charge is 2.24. The third-order valence-corrected chi connectivity index (χ3v) is 4.37. The van der Waals surface area contributed by atoms with E-state index in [-0.39, 0.29) is 31.1 Å². The van der Waals surface area contributed by atoms with Crippen LogP contribution in [0.3, 0.4) is 0 Å². The lowest BCUT2D eigenvalue weighted by Crippen LogP contribution is -2.31. The fourth-order valence-corrected chi connectivity index (χ4v) is 2.83. The number of amides is 1. The van der Waals surface area contributed by atoms with Crippen LogP contribution in [0, 0.1) is 11.2 Å². The summed E-state index contributed by atoms with van der Waals surface area (Å²) in [6.07, 6.45) is -1.18. The van der Waals surface area contributed by atoms with Gasteiger partial charge in [-0.1, -0.05) is 12.1 Å². The van der Waals surface area contributed by atoms with Crippen LogP contribution >= 0.6 is 0 Å². The zero-order valence-corrected chi connectivity index (χ0v) is 17.2. The van der Waals surface area contributed by atoms with Crippen LogP contribution in [0.25, 0.3) is 0 Å². The van der Waals surface area contributed by atoms with Crippen LogP contribution in [-0.2, 0) is 20.9 Å². The molecule has 0 fully saturated rings. The zero-order valence-electron chi connectivity index (χ0n) is 17.2.